The van der Waals surface area contributed by atoms with E-state index in [2.05, 4.69) is 39.5 Å². The first-order valence-electron chi connectivity index (χ1n) is 9.72. The number of anilines is 1. The Morgan fingerprint density at radius 2 is 2.00 bits per heavy atom. The quantitative estimate of drug-likeness (QED) is 0.472. The highest BCUT2D eigenvalue weighted by atomic mass is 35.5. The van der Waals surface area contributed by atoms with Crippen molar-refractivity contribution >= 4 is 72.5 Å². The second-order valence-electron chi connectivity index (χ2n) is 7.29. The van der Waals surface area contributed by atoms with Crippen molar-refractivity contribution in [3.05, 3.63) is 52.0 Å². The van der Waals surface area contributed by atoms with Crippen LogP contribution in [0, 0.1) is 0 Å². The zero-order valence-electron chi connectivity index (χ0n) is 15.7. The summed E-state index contributed by atoms with van der Waals surface area (Å²) >= 11 is 15.6. The van der Waals surface area contributed by atoms with Crippen LogP contribution < -0.4 is 5.32 Å². The molecule has 0 bridgehead atoms. The lowest BCUT2D eigenvalue weighted by Gasteiger charge is -2.16. The second-order valence-corrected chi connectivity index (χ2v) is 10.1. The zero-order valence-corrected chi connectivity index (χ0v) is 18.8. The molecule has 29 heavy (non-hydrogen) atoms. The van der Waals surface area contributed by atoms with Crippen molar-refractivity contribution in [1.82, 2.24) is 9.88 Å². The molecule has 1 atom stereocenters. The summed E-state index contributed by atoms with van der Waals surface area (Å²) < 4.78 is 1.04. The monoisotopic (exact) mass is 462 g/mol. The SMILES string of the molecule is Clc1cc2nc(NCCc3ccc(/N=C4\SC[C@@H]5CCCN45)cc3)sc2cc1Cl. The molecule has 2 fully saturated rings. The van der Waals surface area contributed by atoms with Crippen LogP contribution in [0.2, 0.25) is 10.0 Å². The number of rotatable bonds is 5. The smallest absolute Gasteiger partial charge is 0.183 e. The summed E-state index contributed by atoms with van der Waals surface area (Å²) in [5, 5.41) is 6.59. The second kappa shape index (κ2) is 8.34. The van der Waals surface area contributed by atoms with Crippen molar-refractivity contribution in [3.8, 4) is 0 Å². The van der Waals surface area contributed by atoms with Crippen molar-refractivity contribution in [2.45, 2.75) is 25.3 Å². The van der Waals surface area contributed by atoms with Crippen molar-refractivity contribution in [1.29, 1.82) is 0 Å². The molecule has 5 rings (SSSR count). The molecule has 2 saturated heterocycles. The fourth-order valence-corrected chi connectivity index (χ4v) is 6.33. The number of thiazole rings is 1. The van der Waals surface area contributed by atoms with Gasteiger partial charge in [-0.05, 0) is 49.1 Å². The van der Waals surface area contributed by atoms with Crippen molar-refractivity contribution in [3.63, 3.8) is 0 Å². The van der Waals surface area contributed by atoms with Gasteiger partial charge in [0.25, 0.3) is 0 Å². The van der Waals surface area contributed by atoms with Crippen molar-refractivity contribution in [2.75, 3.05) is 24.2 Å². The summed E-state index contributed by atoms with van der Waals surface area (Å²) in [4.78, 5) is 11.9. The van der Waals surface area contributed by atoms with Gasteiger partial charge >= 0.3 is 0 Å². The van der Waals surface area contributed by atoms with E-state index in [9.17, 15) is 0 Å². The van der Waals surface area contributed by atoms with Crippen LogP contribution in [0.4, 0.5) is 10.8 Å². The summed E-state index contributed by atoms with van der Waals surface area (Å²) in [6, 6.07) is 13.0. The van der Waals surface area contributed by atoms with Crippen molar-refractivity contribution in [2.24, 2.45) is 4.99 Å². The Morgan fingerprint density at radius 1 is 1.17 bits per heavy atom. The third-order valence-corrected chi connectivity index (χ3v) is 8.14. The molecule has 0 unspecified atom stereocenters. The minimum Gasteiger partial charge on any atom is -0.361 e. The lowest BCUT2D eigenvalue weighted by atomic mass is 10.1. The van der Waals surface area contributed by atoms with Gasteiger partial charge in [0.15, 0.2) is 10.3 Å². The molecule has 4 nitrogen and oxygen atoms in total. The zero-order chi connectivity index (χ0) is 19.8. The van der Waals surface area contributed by atoms with Gasteiger partial charge < -0.3 is 10.2 Å². The Balaban J connectivity index is 1.19. The van der Waals surface area contributed by atoms with E-state index in [1.165, 1.54) is 29.3 Å². The Labute approximate surface area is 188 Å². The molecule has 8 heteroatoms. The van der Waals surface area contributed by atoms with Gasteiger partial charge in [-0.25, -0.2) is 9.98 Å². The number of amidine groups is 1. The largest absolute Gasteiger partial charge is 0.361 e. The molecule has 0 aliphatic carbocycles. The summed E-state index contributed by atoms with van der Waals surface area (Å²) in [6.45, 7) is 1.98. The number of hydrogen-bond acceptors (Lipinski definition) is 5. The maximum absolute atomic E-state index is 6.09. The van der Waals surface area contributed by atoms with Crippen LogP contribution in [0.5, 0.6) is 0 Å². The minimum atomic E-state index is 0.538. The number of aromatic nitrogens is 1. The molecule has 1 aromatic heterocycles. The lowest BCUT2D eigenvalue weighted by Crippen LogP contribution is -2.27. The molecule has 3 aromatic rings. The Morgan fingerprint density at radius 3 is 2.86 bits per heavy atom. The molecule has 2 aliphatic rings. The first-order chi connectivity index (χ1) is 14.2. The van der Waals surface area contributed by atoms with Crippen LogP contribution in [-0.4, -0.2) is 39.9 Å². The van der Waals surface area contributed by atoms with Crippen LogP contribution in [0.25, 0.3) is 10.2 Å². The van der Waals surface area contributed by atoms with E-state index in [0.717, 1.165) is 40.5 Å². The highest BCUT2D eigenvalue weighted by Crippen LogP contribution is 2.34. The Kier molecular flexibility index (Phi) is 5.61. The third-order valence-electron chi connectivity index (χ3n) is 5.31. The molecule has 1 N–H and O–H groups in total. The fourth-order valence-electron chi connectivity index (χ4n) is 3.77. The number of thioether (sulfide) groups is 1. The molecule has 0 radical (unpaired) electrons. The van der Waals surface area contributed by atoms with Crippen LogP contribution in [0.3, 0.4) is 0 Å². The molecule has 0 spiro atoms. The predicted molar refractivity (Wildman–Crippen MR) is 128 cm³/mol. The normalized spacial score (nSPS) is 20.0. The topological polar surface area (TPSA) is 40.5 Å². The minimum absolute atomic E-state index is 0.538. The Hall–Kier alpha value is -1.47. The average Bonchev–Trinajstić information content (AvgIpc) is 3.41. The van der Waals surface area contributed by atoms with Gasteiger partial charge in [-0.3, -0.25) is 0 Å². The summed E-state index contributed by atoms with van der Waals surface area (Å²) in [5.41, 5.74) is 3.20. The molecule has 150 valence electrons. The van der Waals surface area contributed by atoms with Gasteiger partial charge in [-0.2, -0.15) is 0 Å². The average molecular weight is 463 g/mol. The standard InChI is InChI=1S/C21H20Cl2N4S2/c22-16-10-18-19(11-17(16)23)29-20(26-18)24-8-7-13-3-5-14(6-4-13)25-21-27-9-1-2-15(27)12-28-21/h3-6,10-11,15H,1-2,7-9,12H2,(H,24,26)/b25-21-/t15-/m0/s1. The van der Waals surface area contributed by atoms with Gasteiger partial charge in [0.05, 0.1) is 25.9 Å². The molecule has 0 amide bonds. The van der Waals surface area contributed by atoms with Gasteiger partial charge in [0.1, 0.15) is 0 Å². The van der Waals surface area contributed by atoms with Gasteiger partial charge in [0.2, 0.25) is 0 Å². The maximum Gasteiger partial charge on any atom is 0.183 e. The number of aliphatic imine (C=N–C) groups is 1. The number of benzene rings is 2. The first kappa shape index (κ1) is 19.5. The predicted octanol–water partition coefficient (Wildman–Crippen LogP) is 6.46. The van der Waals surface area contributed by atoms with Crippen molar-refractivity contribution < 1.29 is 0 Å². The summed E-state index contributed by atoms with van der Waals surface area (Å²) in [6.07, 6.45) is 3.54. The van der Waals surface area contributed by atoms with E-state index >= 15 is 0 Å². The summed E-state index contributed by atoms with van der Waals surface area (Å²) in [5.74, 6) is 1.19. The lowest BCUT2D eigenvalue weighted by molar-refractivity contribution is 0.440. The first-order valence-corrected chi connectivity index (χ1v) is 12.3. The third kappa shape index (κ3) is 4.22. The number of nitrogens with one attached hydrogen (secondary N) is 1. The van der Waals surface area contributed by atoms with E-state index in [0.29, 0.717) is 16.1 Å². The van der Waals surface area contributed by atoms with Gasteiger partial charge in [-0.15, -0.1) is 0 Å². The van der Waals surface area contributed by atoms with Crippen LogP contribution in [0.1, 0.15) is 18.4 Å². The van der Waals surface area contributed by atoms with E-state index in [4.69, 9.17) is 28.2 Å². The highest BCUT2D eigenvalue weighted by Gasteiger charge is 2.33. The van der Waals surface area contributed by atoms with E-state index in [-0.39, 0.29) is 0 Å². The molecule has 2 aliphatic heterocycles. The van der Waals surface area contributed by atoms with Crippen LogP contribution >= 0.6 is 46.3 Å². The van der Waals surface area contributed by atoms with Crippen LogP contribution in [0.15, 0.2) is 41.4 Å². The fraction of sp³-hybridized carbons (Fsp3) is 0.333. The highest BCUT2D eigenvalue weighted by molar-refractivity contribution is 8.14. The van der Waals surface area contributed by atoms with E-state index in [1.807, 2.05) is 23.9 Å². The molecule has 2 aromatic carbocycles. The summed E-state index contributed by atoms with van der Waals surface area (Å²) in [7, 11) is 0. The molecule has 0 saturated carbocycles. The molecular formula is C21H20Cl2N4S2. The Bertz CT molecular complexity index is 1030. The van der Waals surface area contributed by atoms with E-state index < -0.39 is 0 Å². The maximum atomic E-state index is 6.09. The number of fused-ring (bicyclic) bond motifs is 2. The van der Waals surface area contributed by atoms with E-state index in [1.54, 1.807) is 11.3 Å². The number of nitrogens with zero attached hydrogens (tertiary/aromatic N) is 3. The van der Waals surface area contributed by atoms with Gasteiger partial charge in [0, 0.05) is 24.9 Å². The number of hydrogen-bond donors (Lipinski definition) is 1. The molecule has 3 heterocycles. The molecular weight excluding hydrogens is 443 g/mol. The van der Waals surface area contributed by atoms with Gasteiger partial charge in [-0.1, -0.05) is 58.4 Å². The van der Waals surface area contributed by atoms with Crippen LogP contribution in [-0.2, 0) is 6.42 Å². The number of halogens is 2.